The Balaban J connectivity index is 1.97. The van der Waals surface area contributed by atoms with Crippen molar-refractivity contribution in [2.45, 2.75) is 51.4 Å². The van der Waals surface area contributed by atoms with E-state index in [1.165, 1.54) is 0 Å². The number of hydrogen-bond donors (Lipinski definition) is 0. The second-order valence-corrected chi connectivity index (χ2v) is 4.37. The minimum atomic E-state index is -2.48. The standard InChI is InChI=1S/C11H20F2O/c1-11(12,13)7-3-2-4-10-5-8-14-9-6-10/h10H,2-9H2,1H3. The third-order valence-electron chi connectivity index (χ3n) is 2.82. The molecule has 0 saturated carbocycles. The molecule has 1 nitrogen and oxygen atoms in total. The second-order valence-electron chi connectivity index (χ2n) is 4.37. The topological polar surface area (TPSA) is 9.23 Å². The van der Waals surface area contributed by atoms with Crippen LogP contribution in [-0.2, 0) is 4.74 Å². The van der Waals surface area contributed by atoms with E-state index < -0.39 is 5.92 Å². The Bertz CT molecular complexity index is 148. The molecule has 0 unspecified atom stereocenters. The third kappa shape index (κ3) is 5.53. The summed E-state index contributed by atoms with van der Waals surface area (Å²) < 4.78 is 30.2. The van der Waals surface area contributed by atoms with Gasteiger partial charge in [-0.15, -0.1) is 0 Å². The molecule has 1 heterocycles. The van der Waals surface area contributed by atoms with Gasteiger partial charge in [-0.25, -0.2) is 8.78 Å². The lowest BCUT2D eigenvalue weighted by molar-refractivity contribution is 0.00920. The first-order valence-electron chi connectivity index (χ1n) is 5.53. The van der Waals surface area contributed by atoms with Crippen molar-refractivity contribution in [1.82, 2.24) is 0 Å². The first kappa shape index (κ1) is 11.9. The molecule has 0 radical (unpaired) electrons. The number of hydrogen-bond acceptors (Lipinski definition) is 1. The molecule has 1 rings (SSSR count). The molecule has 0 aromatic rings. The second kappa shape index (κ2) is 5.64. The van der Waals surface area contributed by atoms with Crippen LogP contribution in [0.3, 0.4) is 0 Å². The van der Waals surface area contributed by atoms with Crippen molar-refractivity contribution in [1.29, 1.82) is 0 Å². The number of rotatable bonds is 5. The first-order valence-corrected chi connectivity index (χ1v) is 5.53. The van der Waals surface area contributed by atoms with Gasteiger partial charge < -0.3 is 4.74 Å². The van der Waals surface area contributed by atoms with Crippen molar-refractivity contribution in [3.8, 4) is 0 Å². The molecule has 3 heteroatoms. The van der Waals surface area contributed by atoms with Gasteiger partial charge in [-0.2, -0.15) is 0 Å². The highest BCUT2D eigenvalue weighted by atomic mass is 19.3. The van der Waals surface area contributed by atoms with Crippen molar-refractivity contribution >= 4 is 0 Å². The smallest absolute Gasteiger partial charge is 0.245 e. The largest absolute Gasteiger partial charge is 0.381 e. The predicted octanol–water partition coefficient (Wildman–Crippen LogP) is 3.63. The highest BCUT2D eigenvalue weighted by Crippen LogP contribution is 2.24. The lowest BCUT2D eigenvalue weighted by Crippen LogP contribution is -2.16. The molecule has 0 bridgehead atoms. The Morgan fingerprint density at radius 3 is 2.43 bits per heavy atom. The molecule has 1 saturated heterocycles. The Hall–Kier alpha value is -0.180. The fourth-order valence-corrected chi connectivity index (χ4v) is 1.90. The molecule has 1 fully saturated rings. The quantitative estimate of drug-likeness (QED) is 0.624. The van der Waals surface area contributed by atoms with E-state index in [-0.39, 0.29) is 6.42 Å². The average molecular weight is 206 g/mol. The maximum Gasteiger partial charge on any atom is 0.245 e. The van der Waals surface area contributed by atoms with Crippen LogP contribution in [0, 0.1) is 5.92 Å². The Labute approximate surface area is 84.8 Å². The van der Waals surface area contributed by atoms with E-state index in [9.17, 15) is 8.78 Å². The van der Waals surface area contributed by atoms with Gasteiger partial charge in [-0.3, -0.25) is 0 Å². The normalized spacial score (nSPS) is 19.9. The van der Waals surface area contributed by atoms with Crippen LogP contribution in [-0.4, -0.2) is 19.1 Å². The van der Waals surface area contributed by atoms with Gasteiger partial charge in [0.25, 0.3) is 0 Å². The monoisotopic (exact) mass is 206 g/mol. The summed E-state index contributed by atoms with van der Waals surface area (Å²) in [6.45, 7) is 2.71. The summed E-state index contributed by atoms with van der Waals surface area (Å²) in [4.78, 5) is 0. The number of alkyl halides is 2. The van der Waals surface area contributed by atoms with Gasteiger partial charge in [0.15, 0.2) is 0 Å². The molecule has 0 aromatic heterocycles. The van der Waals surface area contributed by atoms with E-state index in [2.05, 4.69) is 0 Å². The van der Waals surface area contributed by atoms with E-state index in [0.29, 0.717) is 12.3 Å². The zero-order chi connectivity index (χ0) is 10.4. The van der Waals surface area contributed by atoms with Crippen LogP contribution in [0.1, 0.15) is 45.4 Å². The molecule has 1 aliphatic rings. The Morgan fingerprint density at radius 1 is 1.21 bits per heavy atom. The zero-order valence-corrected chi connectivity index (χ0v) is 8.90. The first-order chi connectivity index (χ1) is 6.58. The van der Waals surface area contributed by atoms with Crippen molar-refractivity contribution in [3.05, 3.63) is 0 Å². The van der Waals surface area contributed by atoms with Gasteiger partial charge in [0.05, 0.1) is 0 Å². The van der Waals surface area contributed by atoms with Crippen LogP contribution in [0.5, 0.6) is 0 Å². The molecule has 0 aliphatic carbocycles. The zero-order valence-electron chi connectivity index (χ0n) is 8.90. The lowest BCUT2D eigenvalue weighted by Gasteiger charge is -2.21. The predicted molar refractivity (Wildman–Crippen MR) is 52.6 cm³/mol. The molecule has 14 heavy (non-hydrogen) atoms. The maximum atomic E-state index is 12.5. The Morgan fingerprint density at radius 2 is 1.86 bits per heavy atom. The minimum Gasteiger partial charge on any atom is -0.381 e. The molecule has 0 atom stereocenters. The van der Waals surface area contributed by atoms with E-state index in [4.69, 9.17) is 4.74 Å². The van der Waals surface area contributed by atoms with Gasteiger partial charge in [0, 0.05) is 19.6 Å². The summed E-state index contributed by atoms with van der Waals surface area (Å²) in [5.74, 6) is -1.76. The molecule has 1 aliphatic heterocycles. The van der Waals surface area contributed by atoms with Crippen molar-refractivity contribution in [2.24, 2.45) is 5.92 Å². The van der Waals surface area contributed by atoms with E-state index in [1.807, 2.05) is 0 Å². The molecule has 0 aromatic carbocycles. The SMILES string of the molecule is CC(F)(F)CCCCC1CCOCC1. The van der Waals surface area contributed by atoms with Crippen LogP contribution in [0.25, 0.3) is 0 Å². The average Bonchev–Trinajstić information content (AvgIpc) is 2.13. The summed E-state index contributed by atoms with van der Waals surface area (Å²) in [5, 5.41) is 0. The minimum absolute atomic E-state index is 0.0379. The number of unbranched alkanes of at least 4 members (excludes halogenated alkanes) is 1. The summed E-state index contributed by atoms with van der Waals surface area (Å²) in [7, 11) is 0. The third-order valence-corrected chi connectivity index (χ3v) is 2.82. The summed E-state index contributed by atoms with van der Waals surface area (Å²) in [6.07, 6.45) is 4.95. The van der Waals surface area contributed by atoms with Crippen LogP contribution in [0.2, 0.25) is 0 Å². The molecule has 0 amide bonds. The van der Waals surface area contributed by atoms with Gasteiger partial charge in [-0.1, -0.05) is 12.8 Å². The highest BCUT2D eigenvalue weighted by Gasteiger charge is 2.20. The summed E-state index contributed by atoms with van der Waals surface area (Å²) in [5.41, 5.74) is 0. The van der Waals surface area contributed by atoms with E-state index >= 15 is 0 Å². The fourth-order valence-electron chi connectivity index (χ4n) is 1.90. The van der Waals surface area contributed by atoms with Gasteiger partial charge in [-0.05, 0) is 32.1 Å². The van der Waals surface area contributed by atoms with Crippen LogP contribution < -0.4 is 0 Å². The van der Waals surface area contributed by atoms with Crippen molar-refractivity contribution in [2.75, 3.05) is 13.2 Å². The van der Waals surface area contributed by atoms with E-state index in [1.54, 1.807) is 0 Å². The van der Waals surface area contributed by atoms with Gasteiger partial charge in [0.1, 0.15) is 0 Å². The Kier molecular flexibility index (Phi) is 4.79. The van der Waals surface area contributed by atoms with Crippen LogP contribution in [0.15, 0.2) is 0 Å². The number of halogens is 2. The summed E-state index contributed by atoms with van der Waals surface area (Å²) in [6, 6.07) is 0. The van der Waals surface area contributed by atoms with Crippen LogP contribution in [0.4, 0.5) is 8.78 Å². The molecular weight excluding hydrogens is 186 g/mol. The number of ether oxygens (including phenoxy) is 1. The molecular formula is C11H20F2O. The summed E-state index contributed by atoms with van der Waals surface area (Å²) >= 11 is 0. The lowest BCUT2D eigenvalue weighted by atomic mass is 9.93. The highest BCUT2D eigenvalue weighted by molar-refractivity contribution is 4.65. The maximum absolute atomic E-state index is 12.5. The van der Waals surface area contributed by atoms with Crippen molar-refractivity contribution in [3.63, 3.8) is 0 Å². The van der Waals surface area contributed by atoms with Gasteiger partial charge >= 0.3 is 0 Å². The molecule has 0 N–H and O–H groups in total. The van der Waals surface area contributed by atoms with Gasteiger partial charge in [0.2, 0.25) is 5.92 Å². The molecule has 0 spiro atoms. The van der Waals surface area contributed by atoms with E-state index in [0.717, 1.165) is 45.8 Å². The van der Waals surface area contributed by atoms with Crippen LogP contribution >= 0.6 is 0 Å². The fraction of sp³-hybridized carbons (Fsp3) is 1.00. The van der Waals surface area contributed by atoms with Crippen molar-refractivity contribution < 1.29 is 13.5 Å². The molecule has 84 valence electrons.